The van der Waals surface area contributed by atoms with E-state index in [0.29, 0.717) is 13.0 Å². The summed E-state index contributed by atoms with van der Waals surface area (Å²) in [6.45, 7) is 5.64. The SMILES string of the molecule is CCN(CC(N)=O)C(=O)C(C)(N)CC. The van der Waals surface area contributed by atoms with Gasteiger partial charge in [-0.25, -0.2) is 0 Å². The maximum atomic E-state index is 11.8. The lowest BCUT2D eigenvalue weighted by Crippen LogP contribution is -2.54. The molecule has 0 rings (SSSR count). The zero-order valence-electron chi connectivity index (χ0n) is 9.04. The number of hydrogen-bond donors (Lipinski definition) is 2. The summed E-state index contributed by atoms with van der Waals surface area (Å²) in [5, 5.41) is 0. The first kappa shape index (κ1) is 12.9. The number of carbonyl (C=O) groups is 2. The fraction of sp³-hybridized carbons (Fsp3) is 0.778. The van der Waals surface area contributed by atoms with Gasteiger partial charge in [-0.3, -0.25) is 9.59 Å². The van der Waals surface area contributed by atoms with Gasteiger partial charge in [0.05, 0.1) is 12.1 Å². The monoisotopic (exact) mass is 201 g/mol. The minimum absolute atomic E-state index is 0.0673. The highest BCUT2D eigenvalue weighted by atomic mass is 16.2. The number of rotatable bonds is 5. The van der Waals surface area contributed by atoms with Crippen molar-refractivity contribution in [1.82, 2.24) is 4.90 Å². The Morgan fingerprint density at radius 1 is 1.36 bits per heavy atom. The molecule has 5 nitrogen and oxygen atoms in total. The minimum atomic E-state index is -0.911. The summed E-state index contributed by atoms with van der Waals surface area (Å²) in [6.07, 6.45) is 0.529. The molecule has 14 heavy (non-hydrogen) atoms. The van der Waals surface area contributed by atoms with Crippen LogP contribution in [0.3, 0.4) is 0 Å². The van der Waals surface area contributed by atoms with Crippen molar-refractivity contribution in [2.24, 2.45) is 11.5 Å². The van der Waals surface area contributed by atoms with Gasteiger partial charge in [0.15, 0.2) is 0 Å². The molecule has 0 aromatic heterocycles. The van der Waals surface area contributed by atoms with Crippen LogP contribution in [-0.4, -0.2) is 35.3 Å². The third-order valence-corrected chi connectivity index (χ3v) is 2.24. The van der Waals surface area contributed by atoms with E-state index in [1.54, 1.807) is 13.8 Å². The first-order chi connectivity index (χ1) is 6.35. The number of primary amides is 1. The van der Waals surface area contributed by atoms with Gasteiger partial charge in [0, 0.05) is 6.54 Å². The molecule has 0 aliphatic carbocycles. The fourth-order valence-electron chi connectivity index (χ4n) is 1.03. The predicted octanol–water partition coefficient (Wildman–Crippen LogP) is -0.552. The molecule has 0 aromatic carbocycles. The van der Waals surface area contributed by atoms with Gasteiger partial charge in [0.25, 0.3) is 0 Å². The fourth-order valence-corrected chi connectivity index (χ4v) is 1.03. The summed E-state index contributed by atoms with van der Waals surface area (Å²) in [5.74, 6) is -0.756. The maximum Gasteiger partial charge on any atom is 0.242 e. The molecule has 0 heterocycles. The molecule has 5 heteroatoms. The molecule has 4 N–H and O–H groups in total. The molecule has 0 bridgehead atoms. The molecule has 0 radical (unpaired) electrons. The van der Waals surface area contributed by atoms with E-state index in [-0.39, 0.29) is 12.5 Å². The predicted molar refractivity (Wildman–Crippen MR) is 54.3 cm³/mol. The lowest BCUT2D eigenvalue weighted by molar-refractivity contribution is -0.139. The average molecular weight is 201 g/mol. The Hall–Kier alpha value is -1.10. The number of likely N-dealkylation sites (N-methyl/N-ethyl adjacent to an activating group) is 1. The first-order valence-corrected chi connectivity index (χ1v) is 4.71. The molecule has 1 unspecified atom stereocenters. The third-order valence-electron chi connectivity index (χ3n) is 2.24. The Morgan fingerprint density at radius 3 is 2.14 bits per heavy atom. The van der Waals surface area contributed by atoms with E-state index in [4.69, 9.17) is 11.5 Å². The van der Waals surface area contributed by atoms with E-state index in [1.165, 1.54) is 4.90 Å². The van der Waals surface area contributed by atoms with Gasteiger partial charge in [-0.2, -0.15) is 0 Å². The Labute approximate surface area is 84.4 Å². The van der Waals surface area contributed by atoms with E-state index < -0.39 is 11.4 Å². The molecule has 0 spiro atoms. The van der Waals surface area contributed by atoms with Crippen molar-refractivity contribution < 1.29 is 9.59 Å². The van der Waals surface area contributed by atoms with Gasteiger partial charge < -0.3 is 16.4 Å². The highest BCUT2D eigenvalue weighted by molar-refractivity contribution is 5.89. The average Bonchev–Trinajstić information content (AvgIpc) is 2.12. The van der Waals surface area contributed by atoms with E-state index in [0.717, 1.165) is 0 Å². The topological polar surface area (TPSA) is 89.4 Å². The summed E-state index contributed by atoms with van der Waals surface area (Å²) in [6, 6.07) is 0. The van der Waals surface area contributed by atoms with E-state index in [9.17, 15) is 9.59 Å². The van der Waals surface area contributed by atoms with E-state index >= 15 is 0 Å². The number of nitrogens with two attached hydrogens (primary N) is 2. The first-order valence-electron chi connectivity index (χ1n) is 4.71. The Morgan fingerprint density at radius 2 is 1.86 bits per heavy atom. The van der Waals surface area contributed by atoms with Crippen molar-refractivity contribution >= 4 is 11.8 Å². The van der Waals surface area contributed by atoms with Crippen LogP contribution in [-0.2, 0) is 9.59 Å². The van der Waals surface area contributed by atoms with Gasteiger partial charge in [-0.05, 0) is 20.3 Å². The van der Waals surface area contributed by atoms with Gasteiger partial charge in [-0.15, -0.1) is 0 Å². The molecule has 82 valence electrons. The quantitative estimate of drug-likeness (QED) is 0.625. The van der Waals surface area contributed by atoms with Crippen molar-refractivity contribution in [2.45, 2.75) is 32.7 Å². The van der Waals surface area contributed by atoms with Crippen LogP contribution in [0.25, 0.3) is 0 Å². The Kier molecular flexibility index (Phi) is 4.56. The number of hydrogen-bond acceptors (Lipinski definition) is 3. The van der Waals surface area contributed by atoms with Gasteiger partial charge >= 0.3 is 0 Å². The molecule has 2 amide bonds. The molecular weight excluding hydrogens is 182 g/mol. The van der Waals surface area contributed by atoms with Gasteiger partial charge in [0.1, 0.15) is 0 Å². The highest BCUT2D eigenvalue weighted by Crippen LogP contribution is 2.09. The normalized spacial score (nSPS) is 14.6. The smallest absolute Gasteiger partial charge is 0.242 e. The molecular formula is C9H19N3O2. The molecule has 0 aliphatic rings. The Bertz CT molecular complexity index is 226. The molecule has 1 atom stereocenters. The number of amides is 2. The molecule has 0 saturated carbocycles. The summed E-state index contributed by atoms with van der Waals surface area (Å²) in [4.78, 5) is 23.8. The second-order valence-corrected chi connectivity index (χ2v) is 3.56. The van der Waals surface area contributed by atoms with Crippen LogP contribution in [0.1, 0.15) is 27.2 Å². The third kappa shape index (κ3) is 3.33. The second-order valence-electron chi connectivity index (χ2n) is 3.56. The van der Waals surface area contributed by atoms with Crippen LogP contribution in [0.2, 0.25) is 0 Å². The summed E-state index contributed by atoms with van der Waals surface area (Å²) in [7, 11) is 0. The van der Waals surface area contributed by atoms with Crippen molar-refractivity contribution in [3.05, 3.63) is 0 Å². The van der Waals surface area contributed by atoms with E-state index in [2.05, 4.69) is 0 Å². The van der Waals surface area contributed by atoms with Crippen molar-refractivity contribution in [3.8, 4) is 0 Å². The summed E-state index contributed by atoms with van der Waals surface area (Å²) < 4.78 is 0. The molecule has 0 fully saturated rings. The number of carbonyl (C=O) groups excluding carboxylic acids is 2. The van der Waals surface area contributed by atoms with Gasteiger partial charge in [-0.1, -0.05) is 6.92 Å². The largest absolute Gasteiger partial charge is 0.368 e. The van der Waals surface area contributed by atoms with Crippen LogP contribution < -0.4 is 11.5 Å². The van der Waals surface area contributed by atoms with E-state index in [1.807, 2.05) is 6.92 Å². The van der Waals surface area contributed by atoms with Crippen LogP contribution in [0, 0.1) is 0 Å². The lowest BCUT2D eigenvalue weighted by Gasteiger charge is -2.29. The standard InChI is InChI=1S/C9H19N3O2/c1-4-9(3,11)8(14)12(5-2)6-7(10)13/h4-6,11H2,1-3H3,(H2,10,13). The molecule has 0 aromatic rings. The zero-order valence-corrected chi connectivity index (χ0v) is 9.04. The maximum absolute atomic E-state index is 11.8. The summed E-state index contributed by atoms with van der Waals surface area (Å²) >= 11 is 0. The zero-order chi connectivity index (χ0) is 11.4. The van der Waals surface area contributed by atoms with Crippen molar-refractivity contribution in [2.75, 3.05) is 13.1 Å². The van der Waals surface area contributed by atoms with Crippen LogP contribution in [0.5, 0.6) is 0 Å². The van der Waals surface area contributed by atoms with Crippen LogP contribution in [0.4, 0.5) is 0 Å². The van der Waals surface area contributed by atoms with Crippen LogP contribution in [0.15, 0.2) is 0 Å². The summed E-state index contributed by atoms with van der Waals surface area (Å²) in [5.41, 5.74) is 9.87. The van der Waals surface area contributed by atoms with Crippen LogP contribution >= 0.6 is 0 Å². The van der Waals surface area contributed by atoms with Crippen molar-refractivity contribution in [1.29, 1.82) is 0 Å². The lowest BCUT2D eigenvalue weighted by atomic mass is 9.98. The molecule has 0 saturated heterocycles. The molecule has 0 aliphatic heterocycles. The van der Waals surface area contributed by atoms with Gasteiger partial charge in [0.2, 0.25) is 11.8 Å². The minimum Gasteiger partial charge on any atom is -0.368 e. The van der Waals surface area contributed by atoms with Crippen molar-refractivity contribution in [3.63, 3.8) is 0 Å². The number of nitrogens with zero attached hydrogens (tertiary/aromatic N) is 1. The Balaban J connectivity index is 4.54. The highest BCUT2D eigenvalue weighted by Gasteiger charge is 2.30. The second kappa shape index (κ2) is 4.95.